The third-order valence-electron chi connectivity index (χ3n) is 14.6. The fourth-order valence-electron chi connectivity index (χ4n) is 11.8. The number of ether oxygens (including phenoxy) is 1. The van der Waals surface area contributed by atoms with Gasteiger partial charge in [-0.25, -0.2) is 4.79 Å². The number of aromatic hydroxyl groups is 1. The molecule has 4 saturated carbocycles. The fourth-order valence-corrected chi connectivity index (χ4v) is 11.8. The summed E-state index contributed by atoms with van der Waals surface area (Å²) in [4.78, 5) is 13.0. The third-order valence-corrected chi connectivity index (χ3v) is 14.6. The quantitative estimate of drug-likeness (QED) is 0.209. The van der Waals surface area contributed by atoms with E-state index in [1.54, 1.807) is 35.9 Å². The molecule has 0 aliphatic heterocycles. The molecular weight excluding hydrogens is 532 g/mol. The van der Waals surface area contributed by atoms with E-state index in [4.69, 9.17) is 4.74 Å². The van der Waals surface area contributed by atoms with Crippen molar-refractivity contribution in [2.24, 2.45) is 50.2 Å². The Balaban J connectivity index is 1.25. The predicted octanol–water partition coefficient (Wildman–Crippen LogP) is 9.11. The Hall–Kier alpha value is -2.07. The highest BCUT2D eigenvalue weighted by Gasteiger charge is 2.68. The van der Waals surface area contributed by atoms with E-state index < -0.39 is 0 Å². The highest BCUT2D eigenvalue weighted by atomic mass is 16.5. The number of aliphatic hydroxyl groups excluding tert-OH is 1. The molecule has 0 unspecified atom stereocenters. The number of esters is 1. The van der Waals surface area contributed by atoms with Crippen molar-refractivity contribution in [3.05, 3.63) is 47.6 Å². The van der Waals surface area contributed by atoms with Crippen LogP contribution in [-0.2, 0) is 9.53 Å². The van der Waals surface area contributed by atoms with Crippen molar-refractivity contribution in [3.8, 4) is 5.75 Å². The van der Waals surface area contributed by atoms with Crippen LogP contribution in [0.2, 0.25) is 0 Å². The topological polar surface area (TPSA) is 66.8 Å². The van der Waals surface area contributed by atoms with Gasteiger partial charge in [0, 0.05) is 23.5 Å². The molecule has 0 aromatic heterocycles. The van der Waals surface area contributed by atoms with Crippen molar-refractivity contribution in [2.75, 3.05) is 6.61 Å². The molecular formula is C39H56O4. The van der Waals surface area contributed by atoms with Crippen LogP contribution in [-0.4, -0.2) is 28.9 Å². The van der Waals surface area contributed by atoms with Gasteiger partial charge in [-0.05, 0) is 127 Å². The van der Waals surface area contributed by atoms with Crippen molar-refractivity contribution in [1.82, 2.24) is 0 Å². The van der Waals surface area contributed by atoms with E-state index in [2.05, 4.69) is 54.5 Å². The summed E-state index contributed by atoms with van der Waals surface area (Å²) in [6, 6.07) is 6.85. The van der Waals surface area contributed by atoms with Crippen LogP contribution >= 0.6 is 0 Å². The van der Waals surface area contributed by atoms with Crippen LogP contribution in [0.4, 0.5) is 0 Å². The second-order valence-electron chi connectivity index (χ2n) is 17.4. The van der Waals surface area contributed by atoms with E-state index >= 15 is 0 Å². The summed E-state index contributed by atoms with van der Waals surface area (Å²) in [5, 5.41) is 20.3. The summed E-state index contributed by atoms with van der Waals surface area (Å²) < 4.78 is 6.20. The molecule has 43 heavy (non-hydrogen) atoms. The molecule has 0 spiro atoms. The minimum Gasteiger partial charge on any atom is -0.508 e. The molecule has 236 valence electrons. The highest BCUT2D eigenvalue weighted by molar-refractivity contribution is 5.87. The normalized spacial score (nSPS) is 43.0. The van der Waals surface area contributed by atoms with Crippen LogP contribution in [0.1, 0.15) is 118 Å². The maximum atomic E-state index is 13.0. The number of phenolic OH excluding ortho intramolecular Hbond substituents is 1. The number of benzene rings is 1. The van der Waals surface area contributed by atoms with E-state index in [1.807, 2.05) is 0 Å². The molecule has 8 atom stereocenters. The van der Waals surface area contributed by atoms with Crippen molar-refractivity contribution in [3.63, 3.8) is 0 Å². The summed E-state index contributed by atoms with van der Waals surface area (Å²) in [6.07, 6.45) is 17.4. The average molecular weight is 589 g/mol. The number of aliphatic hydroxyl groups is 1. The van der Waals surface area contributed by atoms with Crippen LogP contribution in [0.3, 0.4) is 0 Å². The SMILES string of the molecule is CC1(C)CC[C@]2(CO)CC[C@]3(C)C(=CC[C@@H]4[C@@]5(C)CC[C@H](OC(=O)/C=C/c6ccc(O)cc6)C(C)(C)[C@@H]5CC[C@]43C)[C@@H]2C1. The standard InChI is InChI=1S/C39H56O4/c1-34(2)20-22-39(25-40)23-21-37(6)28(29(39)24-34)13-14-31-36(5)18-17-32(35(3,4)30(36)16-19-38(31,37)7)43-33(42)15-10-26-8-11-27(41)12-9-26/h8-13,15,29-32,40-41H,14,16-25H2,1-7H3/b15-10+/t29-,30-,31+,32-,36-,37+,38+,39+/m0/s1. The van der Waals surface area contributed by atoms with E-state index in [-0.39, 0.29) is 44.9 Å². The molecule has 4 fully saturated rings. The van der Waals surface area contributed by atoms with Gasteiger partial charge in [0.05, 0.1) is 0 Å². The summed E-state index contributed by atoms with van der Waals surface area (Å²) in [7, 11) is 0. The third kappa shape index (κ3) is 4.67. The summed E-state index contributed by atoms with van der Waals surface area (Å²) in [6.45, 7) is 17.7. The molecule has 0 heterocycles. The van der Waals surface area contributed by atoms with Crippen molar-refractivity contribution >= 4 is 12.0 Å². The van der Waals surface area contributed by atoms with Crippen molar-refractivity contribution in [2.45, 2.75) is 119 Å². The number of phenols is 1. The lowest BCUT2D eigenvalue weighted by atomic mass is 9.33. The zero-order valence-electron chi connectivity index (χ0n) is 27.8. The maximum absolute atomic E-state index is 13.0. The summed E-state index contributed by atoms with van der Waals surface area (Å²) in [5.41, 5.74) is 3.48. The van der Waals surface area contributed by atoms with Gasteiger partial charge >= 0.3 is 5.97 Å². The largest absolute Gasteiger partial charge is 0.508 e. The van der Waals surface area contributed by atoms with Gasteiger partial charge in [-0.3, -0.25) is 0 Å². The van der Waals surface area contributed by atoms with Gasteiger partial charge in [-0.1, -0.05) is 72.2 Å². The Labute approximate surface area is 260 Å². The van der Waals surface area contributed by atoms with Crippen LogP contribution in [0.25, 0.3) is 6.08 Å². The Morgan fingerprint density at radius 2 is 1.60 bits per heavy atom. The minimum atomic E-state index is -0.280. The van der Waals surface area contributed by atoms with Crippen LogP contribution in [0, 0.1) is 50.2 Å². The average Bonchev–Trinajstić information content (AvgIpc) is 2.94. The maximum Gasteiger partial charge on any atom is 0.331 e. The van der Waals surface area contributed by atoms with Gasteiger partial charge in [0.25, 0.3) is 0 Å². The molecule has 1 aromatic rings. The molecule has 0 radical (unpaired) electrons. The smallest absolute Gasteiger partial charge is 0.331 e. The molecule has 4 nitrogen and oxygen atoms in total. The lowest BCUT2D eigenvalue weighted by Gasteiger charge is -2.71. The zero-order valence-corrected chi connectivity index (χ0v) is 27.8. The lowest BCUT2D eigenvalue weighted by molar-refractivity contribution is -0.212. The molecule has 2 N–H and O–H groups in total. The lowest BCUT2D eigenvalue weighted by Crippen LogP contribution is -2.65. The molecule has 5 aliphatic rings. The van der Waals surface area contributed by atoms with Crippen molar-refractivity contribution in [1.29, 1.82) is 0 Å². The Kier molecular flexibility index (Phi) is 7.36. The van der Waals surface area contributed by atoms with Crippen molar-refractivity contribution < 1.29 is 19.7 Å². The summed E-state index contributed by atoms with van der Waals surface area (Å²) in [5.74, 6) is 1.55. The fraction of sp³-hybridized carbons (Fsp3) is 0.718. The summed E-state index contributed by atoms with van der Waals surface area (Å²) >= 11 is 0. The number of carbonyl (C=O) groups excluding carboxylic acids is 1. The second kappa shape index (κ2) is 10.2. The van der Waals surface area contributed by atoms with Crippen LogP contribution in [0.15, 0.2) is 42.0 Å². The van der Waals surface area contributed by atoms with Crippen LogP contribution < -0.4 is 0 Å². The number of allylic oxidation sites excluding steroid dienone is 2. The Morgan fingerprint density at radius 3 is 2.30 bits per heavy atom. The zero-order chi connectivity index (χ0) is 31.1. The predicted molar refractivity (Wildman–Crippen MR) is 173 cm³/mol. The van der Waals surface area contributed by atoms with Gasteiger partial charge < -0.3 is 14.9 Å². The van der Waals surface area contributed by atoms with Gasteiger partial charge in [-0.15, -0.1) is 0 Å². The number of hydrogen-bond donors (Lipinski definition) is 2. The highest BCUT2D eigenvalue weighted by Crippen LogP contribution is 2.75. The molecule has 5 aliphatic carbocycles. The molecule has 6 rings (SSSR count). The Bertz CT molecular complexity index is 1300. The van der Waals surface area contributed by atoms with Gasteiger partial charge in [0.1, 0.15) is 11.9 Å². The Morgan fingerprint density at radius 1 is 0.907 bits per heavy atom. The van der Waals surface area contributed by atoms with Gasteiger partial charge in [0.2, 0.25) is 0 Å². The van der Waals surface area contributed by atoms with Crippen LogP contribution in [0.5, 0.6) is 5.75 Å². The van der Waals surface area contributed by atoms with E-state index in [0.717, 1.165) is 37.7 Å². The van der Waals surface area contributed by atoms with E-state index in [9.17, 15) is 15.0 Å². The molecule has 0 amide bonds. The number of hydrogen-bond acceptors (Lipinski definition) is 4. The molecule has 0 bridgehead atoms. The number of fused-ring (bicyclic) bond motifs is 7. The molecule has 1 aromatic carbocycles. The molecule has 0 saturated heterocycles. The van der Waals surface area contributed by atoms with E-state index in [0.29, 0.717) is 29.8 Å². The second-order valence-corrected chi connectivity index (χ2v) is 17.4. The first-order chi connectivity index (χ1) is 20.1. The number of carbonyl (C=O) groups is 1. The first-order valence-corrected chi connectivity index (χ1v) is 17.1. The monoisotopic (exact) mass is 588 g/mol. The minimum absolute atomic E-state index is 0.0752. The van der Waals surface area contributed by atoms with E-state index in [1.165, 1.54) is 38.2 Å². The van der Waals surface area contributed by atoms with Gasteiger partial charge in [0.15, 0.2) is 0 Å². The molecule has 4 heteroatoms. The van der Waals surface area contributed by atoms with Gasteiger partial charge in [-0.2, -0.15) is 0 Å². The number of rotatable bonds is 4. The first kappa shape index (κ1) is 30.9. The first-order valence-electron chi connectivity index (χ1n) is 17.1.